The number of ketones is 1. The van der Waals surface area contributed by atoms with Crippen LogP contribution in [-0.4, -0.2) is 5.78 Å². The lowest BCUT2D eigenvalue weighted by Gasteiger charge is -2.06. The molecule has 3 aromatic rings. The number of hydrogen-bond acceptors (Lipinski definition) is 2. The first-order valence-electron chi connectivity index (χ1n) is 6.59. The summed E-state index contributed by atoms with van der Waals surface area (Å²) in [6, 6.07) is 21.3. The van der Waals surface area contributed by atoms with Gasteiger partial charge in [-0.05, 0) is 28.5 Å². The number of carbonyl (C=O) groups excluding carboxylic acids is 1. The Balaban J connectivity index is 1.94. The lowest BCUT2D eigenvalue weighted by atomic mass is 9.97. The third-order valence-corrected chi connectivity index (χ3v) is 3.43. The molecule has 0 aliphatic carbocycles. The summed E-state index contributed by atoms with van der Waals surface area (Å²) in [5.74, 6) is 0.131. The molecule has 0 aliphatic rings. The van der Waals surface area contributed by atoms with Crippen molar-refractivity contribution in [2.75, 3.05) is 5.73 Å². The SMILES string of the molecule is Nc1ccc(CC(=O)c2cccc3ccccc23)cc1. The molecule has 3 rings (SSSR count). The van der Waals surface area contributed by atoms with Crippen LogP contribution >= 0.6 is 0 Å². The summed E-state index contributed by atoms with van der Waals surface area (Å²) in [5, 5.41) is 2.10. The molecular formula is C18H15NO. The molecule has 0 radical (unpaired) electrons. The number of carbonyl (C=O) groups is 1. The van der Waals surface area contributed by atoms with Crippen LogP contribution in [0.25, 0.3) is 10.8 Å². The van der Waals surface area contributed by atoms with Gasteiger partial charge >= 0.3 is 0 Å². The average Bonchev–Trinajstić information content (AvgIpc) is 2.49. The van der Waals surface area contributed by atoms with Crippen LogP contribution in [0, 0.1) is 0 Å². The average molecular weight is 261 g/mol. The molecule has 0 bridgehead atoms. The summed E-state index contributed by atoms with van der Waals surface area (Å²) in [6.07, 6.45) is 0.397. The van der Waals surface area contributed by atoms with E-state index in [1.54, 1.807) is 0 Å². The molecule has 0 spiro atoms. The molecule has 98 valence electrons. The maximum atomic E-state index is 12.5. The lowest BCUT2D eigenvalue weighted by molar-refractivity contribution is 0.0994. The molecule has 0 fully saturated rings. The molecule has 0 atom stereocenters. The van der Waals surface area contributed by atoms with E-state index in [1.165, 1.54) is 0 Å². The normalized spacial score (nSPS) is 10.6. The molecule has 3 aromatic carbocycles. The van der Waals surface area contributed by atoms with Gasteiger partial charge in [0, 0.05) is 17.7 Å². The standard InChI is InChI=1S/C18H15NO/c19-15-10-8-13(9-11-15)12-18(20)17-7-3-5-14-4-1-2-6-16(14)17/h1-11H,12,19H2. The van der Waals surface area contributed by atoms with Crippen molar-refractivity contribution < 1.29 is 4.79 Å². The van der Waals surface area contributed by atoms with Crippen LogP contribution in [0.5, 0.6) is 0 Å². The van der Waals surface area contributed by atoms with Crippen molar-refractivity contribution in [3.8, 4) is 0 Å². The summed E-state index contributed by atoms with van der Waals surface area (Å²) in [4.78, 5) is 12.5. The predicted molar refractivity (Wildman–Crippen MR) is 82.8 cm³/mol. The summed E-state index contributed by atoms with van der Waals surface area (Å²) in [6.45, 7) is 0. The Hall–Kier alpha value is -2.61. The monoisotopic (exact) mass is 261 g/mol. The van der Waals surface area contributed by atoms with E-state index < -0.39 is 0 Å². The number of hydrogen-bond donors (Lipinski definition) is 1. The Bertz CT molecular complexity index is 754. The highest BCUT2D eigenvalue weighted by atomic mass is 16.1. The third kappa shape index (κ3) is 2.41. The zero-order valence-corrected chi connectivity index (χ0v) is 11.0. The number of anilines is 1. The number of nitrogens with two attached hydrogens (primary N) is 1. The Morgan fingerprint density at radius 3 is 2.35 bits per heavy atom. The van der Waals surface area contributed by atoms with Crippen molar-refractivity contribution >= 4 is 22.2 Å². The number of rotatable bonds is 3. The van der Waals surface area contributed by atoms with Gasteiger partial charge in [0.25, 0.3) is 0 Å². The van der Waals surface area contributed by atoms with Crippen LogP contribution < -0.4 is 5.73 Å². The van der Waals surface area contributed by atoms with Crippen LogP contribution in [0.3, 0.4) is 0 Å². The Labute approximate surface area is 117 Å². The minimum atomic E-state index is 0.131. The number of nitrogen functional groups attached to an aromatic ring is 1. The van der Waals surface area contributed by atoms with Gasteiger partial charge in [0.2, 0.25) is 0 Å². The van der Waals surface area contributed by atoms with Crippen LogP contribution in [0.2, 0.25) is 0 Å². The smallest absolute Gasteiger partial charge is 0.167 e. The predicted octanol–water partition coefficient (Wildman–Crippen LogP) is 3.85. The number of Topliss-reactive ketones (excluding diaryl/α,β-unsaturated/α-hetero) is 1. The second-order valence-electron chi connectivity index (χ2n) is 4.87. The van der Waals surface area contributed by atoms with Gasteiger partial charge in [-0.2, -0.15) is 0 Å². The maximum Gasteiger partial charge on any atom is 0.167 e. The van der Waals surface area contributed by atoms with Gasteiger partial charge in [-0.25, -0.2) is 0 Å². The Morgan fingerprint density at radius 1 is 0.850 bits per heavy atom. The van der Waals surface area contributed by atoms with Gasteiger partial charge in [0.05, 0.1) is 0 Å². The second kappa shape index (κ2) is 5.17. The highest BCUT2D eigenvalue weighted by Crippen LogP contribution is 2.20. The van der Waals surface area contributed by atoms with E-state index >= 15 is 0 Å². The van der Waals surface area contributed by atoms with E-state index in [9.17, 15) is 4.79 Å². The largest absolute Gasteiger partial charge is 0.399 e. The maximum absolute atomic E-state index is 12.5. The molecule has 2 heteroatoms. The third-order valence-electron chi connectivity index (χ3n) is 3.43. The molecule has 2 nitrogen and oxygen atoms in total. The molecule has 0 saturated heterocycles. The van der Waals surface area contributed by atoms with Crippen LogP contribution in [0.4, 0.5) is 5.69 Å². The quantitative estimate of drug-likeness (QED) is 0.575. The fraction of sp³-hybridized carbons (Fsp3) is 0.0556. The van der Waals surface area contributed by atoms with Gasteiger partial charge < -0.3 is 5.73 Å². The van der Waals surface area contributed by atoms with Crippen molar-refractivity contribution in [2.45, 2.75) is 6.42 Å². The van der Waals surface area contributed by atoms with E-state index in [1.807, 2.05) is 66.7 Å². The van der Waals surface area contributed by atoms with Gasteiger partial charge in [-0.3, -0.25) is 4.79 Å². The van der Waals surface area contributed by atoms with E-state index in [0.717, 1.165) is 21.9 Å². The van der Waals surface area contributed by atoms with E-state index in [2.05, 4.69) is 0 Å². The Kier molecular flexibility index (Phi) is 3.21. The molecular weight excluding hydrogens is 246 g/mol. The van der Waals surface area contributed by atoms with Crippen molar-refractivity contribution in [2.24, 2.45) is 0 Å². The molecule has 0 aromatic heterocycles. The molecule has 0 heterocycles. The molecule has 0 amide bonds. The zero-order valence-electron chi connectivity index (χ0n) is 11.0. The first-order chi connectivity index (χ1) is 9.74. The topological polar surface area (TPSA) is 43.1 Å². The van der Waals surface area contributed by atoms with Crippen molar-refractivity contribution in [3.05, 3.63) is 77.9 Å². The molecule has 2 N–H and O–H groups in total. The minimum Gasteiger partial charge on any atom is -0.399 e. The number of fused-ring (bicyclic) bond motifs is 1. The van der Waals surface area contributed by atoms with E-state index in [0.29, 0.717) is 12.1 Å². The van der Waals surface area contributed by atoms with Gasteiger partial charge in [0.1, 0.15) is 0 Å². The molecule has 20 heavy (non-hydrogen) atoms. The summed E-state index contributed by atoms with van der Waals surface area (Å²) >= 11 is 0. The van der Waals surface area contributed by atoms with Crippen molar-refractivity contribution in [1.82, 2.24) is 0 Å². The first kappa shape index (κ1) is 12.4. The van der Waals surface area contributed by atoms with Crippen molar-refractivity contribution in [3.63, 3.8) is 0 Å². The minimum absolute atomic E-state index is 0.131. The number of benzene rings is 3. The lowest BCUT2D eigenvalue weighted by Crippen LogP contribution is -2.04. The molecule has 0 unspecified atom stereocenters. The highest BCUT2D eigenvalue weighted by Gasteiger charge is 2.10. The summed E-state index contributed by atoms with van der Waals surface area (Å²) in [5.41, 5.74) is 8.13. The highest BCUT2D eigenvalue weighted by molar-refractivity contribution is 6.08. The second-order valence-corrected chi connectivity index (χ2v) is 4.87. The fourth-order valence-electron chi connectivity index (χ4n) is 2.38. The molecule has 0 saturated carbocycles. The molecule has 0 aliphatic heterocycles. The van der Waals surface area contributed by atoms with Crippen LogP contribution in [0.15, 0.2) is 66.7 Å². The van der Waals surface area contributed by atoms with Crippen LogP contribution in [-0.2, 0) is 6.42 Å². The zero-order chi connectivity index (χ0) is 13.9. The van der Waals surface area contributed by atoms with Crippen molar-refractivity contribution in [1.29, 1.82) is 0 Å². The summed E-state index contributed by atoms with van der Waals surface area (Å²) in [7, 11) is 0. The fourth-order valence-corrected chi connectivity index (χ4v) is 2.38. The Morgan fingerprint density at radius 2 is 1.55 bits per heavy atom. The first-order valence-corrected chi connectivity index (χ1v) is 6.59. The van der Waals surface area contributed by atoms with Gasteiger partial charge in [-0.1, -0.05) is 54.6 Å². The van der Waals surface area contributed by atoms with E-state index in [-0.39, 0.29) is 5.78 Å². The van der Waals surface area contributed by atoms with Gasteiger partial charge in [0.15, 0.2) is 5.78 Å². The van der Waals surface area contributed by atoms with Gasteiger partial charge in [-0.15, -0.1) is 0 Å². The van der Waals surface area contributed by atoms with E-state index in [4.69, 9.17) is 5.73 Å². The van der Waals surface area contributed by atoms with Crippen LogP contribution in [0.1, 0.15) is 15.9 Å². The summed E-state index contributed by atoms with van der Waals surface area (Å²) < 4.78 is 0.